The molecular weight excluding hydrogens is 336 g/mol. The normalized spacial score (nSPS) is 21.7. The minimum atomic E-state index is -1.02. The van der Waals surface area contributed by atoms with Gasteiger partial charge in [0.25, 0.3) is 5.69 Å². The molecule has 1 aliphatic heterocycles. The van der Waals surface area contributed by atoms with E-state index < -0.39 is 10.6 Å². The van der Waals surface area contributed by atoms with Crippen molar-refractivity contribution in [2.45, 2.75) is 32.0 Å². The first kappa shape index (κ1) is 18.0. The maximum Gasteiger partial charge on any atom is 0.269 e. The Morgan fingerprint density at radius 2 is 1.85 bits per heavy atom. The number of amides is 1. The van der Waals surface area contributed by atoms with Gasteiger partial charge in [0.1, 0.15) is 0 Å². The van der Waals surface area contributed by atoms with Gasteiger partial charge in [0, 0.05) is 18.2 Å². The number of non-ortho nitro benzene ring substituents is 1. The molecule has 2 aliphatic rings. The number of benzene rings is 1. The van der Waals surface area contributed by atoms with Crippen molar-refractivity contribution in [2.75, 3.05) is 6.61 Å². The van der Waals surface area contributed by atoms with Crippen LogP contribution in [0.3, 0.4) is 0 Å². The van der Waals surface area contributed by atoms with Gasteiger partial charge < -0.3 is 9.64 Å². The molecular formula is C19H20N2O5. The number of rotatable bonds is 4. The molecule has 0 saturated carbocycles. The fraction of sp³-hybridized carbons (Fsp3) is 0.368. The maximum absolute atomic E-state index is 13.1. The molecule has 1 fully saturated rings. The molecule has 0 N–H and O–H groups in total. The monoisotopic (exact) mass is 356 g/mol. The van der Waals surface area contributed by atoms with Gasteiger partial charge in [-0.3, -0.25) is 19.7 Å². The lowest BCUT2D eigenvalue weighted by Crippen LogP contribution is -2.61. The highest BCUT2D eigenvalue weighted by Gasteiger charge is 2.46. The van der Waals surface area contributed by atoms with Crippen molar-refractivity contribution in [2.24, 2.45) is 5.92 Å². The Bertz CT molecular complexity index is 779. The molecule has 1 unspecified atom stereocenters. The van der Waals surface area contributed by atoms with Gasteiger partial charge in [-0.2, -0.15) is 0 Å². The summed E-state index contributed by atoms with van der Waals surface area (Å²) in [7, 11) is 0. The predicted octanol–water partition coefficient (Wildman–Crippen LogP) is 2.41. The number of nitrogens with zero attached hydrogens (tertiary/aromatic N) is 2. The smallest absolute Gasteiger partial charge is 0.269 e. The summed E-state index contributed by atoms with van der Waals surface area (Å²) >= 11 is 0. The molecule has 1 heterocycles. The van der Waals surface area contributed by atoms with Crippen LogP contribution in [0.25, 0.3) is 0 Å². The number of nitro benzene ring substituents is 1. The van der Waals surface area contributed by atoms with Gasteiger partial charge in [-0.1, -0.05) is 12.1 Å². The average Bonchev–Trinajstić information content (AvgIpc) is 2.60. The fourth-order valence-electron chi connectivity index (χ4n) is 3.36. The summed E-state index contributed by atoms with van der Waals surface area (Å²) in [6.45, 7) is 4.01. The van der Waals surface area contributed by atoms with Gasteiger partial charge in [-0.25, -0.2) is 0 Å². The summed E-state index contributed by atoms with van der Waals surface area (Å²) in [6.07, 6.45) is 6.51. The molecule has 0 radical (unpaired) electrons. The number of ether oxygens (including phenoxy) is 1. The number of carbonyl (C=O) groups excluding carboxylic acids is 2. The van der Waals surface area contributed by atoms with Crippen molar-refractivity contribution >= 4 is 17.4 Å². The Morgan fingerprint density at radius 1 is 1.23 bits per heavy atom. The molecule has 3 rings (SSSR count). The first-order valence-electron chi connectivity index (χ1n) is 8.45. The zero-order chi connectivity index (χ0) is 18.9. The van der Waals surface area contributed by atoms with Gasteiger partial charge in [0.05, 0.1) is 17.4 Å². The fourth-order valence-corrected chi connectivity index (χ4v) is 3.36. The van der Waals surface area contributed by atoms with E-state index in [9.17, 15) is 19.7 Å². The van der Waals surface area contributed by atoms with E-state index in [0.29, 0.717) is 6.42 Å². The SMILES string of the molecule is CC(C)N1C(=O)C(Cc2ccc([N+](=O)[O-])cc2)COC12C=CC(=O)C=C2. The molecule has 1 amide bonds. The Hall–Kier alpha value is -2.80. The van der Waals surface area contributed by atoms with Crippen molar-refractivity contribution in [1.82, 2.24) is 4.90 Å². The number of hydrogen-bond donors (Lipinski definition) is 0. The lowest BCUT2D eigenvalue weighted by molar-refractivity contribution is -0.384. The van der Waals surface area contributed by atoms with Crippen molar-refractivity contribution in [3.05, 3.63) is 64.2 Å². The van der Waals surface area contributed by atoms with Crippen LogP contribution in [0.1, 0.15) is 19.4 Å². The van der Waals surface area contributed by atoms with Crippen LogP contribution in [-0.4, -0.2) is 39.9 Å². The summed E-state index contributed by atoms with van der Waals surface area (Å²) in [4.78, 5) is 36.5. The Labute approximate surface area is 151 Å². The van der Waals surface area contributed by atoms with Crippen LogP contribution in [0.2, 0.25) is 0 Å². The third kappa shape index (κ3) is 3.30. The van der Waals surface area contributed by atoms with Gasteiger partial charge in [0.15, 0.2) is 11.5 Å². The molecule has 7 heteroatoms. The zero-order valence-electron chi connectivity index (χ0n) is 14.6. The van der Waals surface area contributed by atoms with Crippen molar-refractivity contribution in [3.8, 4) is 0 Å². The highest BCUT2D eigenvalue weighted by atomic mass is 16.6. The molecule has 7 nitrogen and oxygen atoms in total. The van der Waals surface area contributed by atoms with Crippen LogP contribution in [-0.2, 0) is 20.7 Å². The second-order valence-electron chi connectivity index (χ2n) is 6.76. The minimum Gasteiger partial charge on any atom is -0.347 e. The van der Waals surface area contributed by atoms with Crippen LogP contribution < -0.4 is 0 Å². The molecule has 0 aromatic heterocycles. The Kier molecular flexibility index (Phi) is 4.73. The lowest BCUT2D eigenvalue weighted by Gasteiger charge is -2.48. The van der Waals surface area contributed by atoms with E-state index in [1.54, 1.807) is 29.2 Å². The van der Waals surface area contributed by atoms with Crippen LogP contribution >= 0.6 is 0 Å². The van der Waals surface area contributed by atoms with E-state index in [2.05, 4.69) is 0 Å². The van der Waals surface area contributed by atoms with Crippen molar-refractivity contribution in [1.29, 1.82) is 0 Å². The molecule has 1 aromatic carbocycles. The number of allylic oxidation sites excluding steroid dienone is 2. The highest BCUT2D eigenvalue weighted by Crippen LogP contribution is 2.34. The topological polar surface area (TPSA) is 89.8 Å². The minimum absolute atomic E-state index is 0.0184. The first-order chi connectivity index (χ1) is 12.3. The zero-order valence-corrected chi connectivity index (χ0v) is 14.6. The molecule has 1 atom stereocenters. The Morgan fingerprint density at radius 3 is 2.38 bits per heavy atom. The van der Waals surface area contributed by atoms with Crippen molar-refractivity contribution < 1.29 is 19.2 Å². The lowest BCUT2D eigenvalue weighted by atomic mass is 9.92. The van der Waals surface area contributed by atoms with Crippen LogP contribution in [0.4, 0.5) is 5.69 Å². The average molecular weight is 356 g/mol. The van der Waals surface area contributed by atoms with Crippen LogP contribution in [0.15, 0.2) is 48.6 Å². The molecule has 136 valence electrons. The van der Waals surface area contributed by atoms with E-state index >= 15 is 0 Å². The van der Waals surface area contributed by atoms with Gasteiger partial charge >= 0.3 is 0 Å². The summed E-state index contributed by atoms with van der Waals surface area (Å²) < 4.78 is 6.02. The number of hydrogen-bond acceptors (Lipinski definition) is 5. The van der Waals surface area contributed by atoms with Gasteiger partial charge in [-0.15, -0.1) is 0 Å². The van der Waals surface area contributed by atoms with Crippen LogP contribution in [0.5, 0.6) is 0 Å². The molecule has 1 saturated heterocycles. The molecule has 1 spiro atoms. The van der Waals surface area contributed by atoms with Crippen molar-refractivity contribution in [3.63, 3.8) is 0 Å². The van der Waals surface area contributed by atoms with E-state index in [1.807, 2.05) is 13.8 Å². The summed E-state index contributed by atoms with van der Waals surface area (Å²) in [5, 5.41) is 10.8. The van der Waals surface area contributed by atoms with E-state index in [0.717, 1.165) is 5.56 Å². The Balaban J connectivity index is 1.80. The van der Waals surface area contributed by atoms with E-state index in [1.165, 1.54) is 24.3 Å². The van der Waals surface area contributed by atoms with E-state index in [-0.39, 0.29) is 35.9 Å². The van der Waals surface area contributed by atoms with Gasteiger partial charge in [-0.05, 0) is 50.1 Å². The summed E-state index contributed by atoms with van der Waals surface area (Å²) in [5.41, 5.74) is -0.169. The maximum atomic E-state index is 13.1. The van der Waals surface area contributed by atoms with E-state index in [4.69, 9.17) is 4.74 Å². The standard InChI is InChI=1S/C19H20N2O5/c1-13(2)20-18(23)15(11-14-3-5-16(6-4-14)21(24)25)12-26-19(20)9-7-17(22)8-10-19/h3-10,13,15H,11-12H2,1-2H3. The molecule has 1 aromatic rings. The number of ketones is 1. The quantitative estimate of drug-likeness (QED) is 0.610. The summed E-state index contributed by atoms with van der Waals surface area (Å²) in [6, 6.07) is 6.07. The molecule has 0 bridgehead atoms. The van der Waals surface area contributed by atoms with Crippen LogP contribution in [0, 0.1) is 16.0 Å². The predicted molar refractivity (Wildman–Crippen MR) is 94.2 cm³/mol. The largest absolute Gasteiger partial charge is 0.347 e. The molecule has 1 aliphatic carbocycles. The second-order valence-corrected chi connectivity index (χ2v) is 6.76. The second kappa shape index (κ2) is 6.84. The number of nitro groups is 1. The third-order valence-corrected chi connectivity index (χ3v) is 4.60. The first-order valence-corrected chi connectivity index (χ1v) is 8.45. The molecule has 26 heavy (non-hydrogen) atoms. The third-order valence-electron chi connectivity index (χ3n) is 4.60. The summed E-state index contributed by atoms with van der Waals surface area (Å²) in [5.74, 6) is -0.583. The van der Waals surface area contributed by atoms with Gasteiger partial charge in [0.2, 0.25) is 5.91 Å². The number of carbonyl (C=O) groups is 2. The highest BCUT2D eigenvalue weighted by molar-refractivity contribution is 6.01.